The number of phenolic OH excluding ortho intramolecular Hbond substituents is 1. The Bertz CT molecular complexity index is 854. The Kier molecular flexibility index (Phi) is 5.79. The summed E-state index contributed by atoms with van der Waals surface area (Å²) in [5, 5.41) is 10.3. The Hall–Kier alpha value is -2.82. The minimum absolute atomic E-state index is 0.118. The molecule has 0 atom stereocenters. The van der Waals surface area contributed by atoms with E-state index in [0.717, 1.165) is 47.9 Å². The number of methoxy groups -OCH3 is 4. The van der Waals surface area contributed by atoms with E-state index in [-0.39, 0.29) is 5.75 Å². The minimum atomic E-state index is 0.118. The van der Waals surface area contributed by atoms with Gasteiger partial charge in [-0.3, -0.25) is 0 Å². The highest BCUT2D eigenvalue weighted by atomic mass is 16.5. The zero-order valence-corrected chi connectivity index (χ0v) is 16.3. The van der Waals surface area contributed by atoms with Gasteiger partial charge >= 0.3 is 0 Å². The van der Waals surface area contributed by atoms with Gasteiger partial charge in [-0.25, -0.2) is 0 Å². The number of fused-ring (bicyclic) bond motifs is 1. The van der Waals surface area contributed by atoms with E-state index in [2.05, 4.69) is 6.08 Å². The maximum absolute atomic E-state index is 10.3. The van der Waals surface area contributed by atoms with Gasteiger partial charge in [0.2, 0.25) is 5.75 Å². The monoisotopic (exact) mass is 370 g/mol. The summed E-state index contributed by atoms with van der Waals surface area (Å²) >= 11 is 0. The summed E-state index contributed by atoms with van der Waals surface area (Å²) in [5.41, 5.74) is 4.10. The van der Waals surface area contributed by atoms with Crippen molar-refractivity contribution >= 4 is 5.57 Å². The molecule has 27 heavy (non-hydrogen) atoms. The molecule has 2 aromatic carbocycles. The summed E-state index contributed by atoms with van der Waals surface area (Å²) in [4.78, 5) is 0. The van der Waals surface area contributed by atoms with Gasteiger partial charge in [-0.1, -0.05) is 12.1 Å². The van der Waals surface area contributed by atoms with Crippen LogP contribution in [0.25, 0.3) is 5.57 Å². The van der Waals surface area contributed by atoms with E-state index >= 15 is 0 Å². The van der Waals surface area contributed by atoms with Gasteiger partial charge in [0.15, 0.2) is 23.0 Å². The second kappa shape index (κ2) is 8.25. The van der Waals surface area contributed by atoms with Crippen LogP contribution in [0.2, 0.25) is 0 Å². The van der Waals surface area contributed by atoms with Crippen molar-refractivity contribution in [1.82, 2.24) is 0 Å². The Morgan fingerprint density at radius 3 is 2.19 bits per heavy atom. The topological polar surface area (TPSA) is 57.2 Å². The third-order valence-electron chi connectivity index (χ3n) is 4.94. The molecule has 0 aliphatic heterocycles. The molecule has 0 saturated heterocycles. The van der Waals surface area contributed by atoms with E-state index in [1.54, 1.807) is 40.6 Å². The molecular formula is C22H26O5. The van der Waals surface area contributed by atoms with E-state index in [0.29, 0.717) is 23.0 Å². The quantitative estimate of drug-likeness (QED) is 0.835. The Labute approximate surface area is 160 Å². The van der Waals surface area contributed by atoms with Crippen molar-refractivity contribution in [2.75, 3.05) is 28.4 Å². The van der Waals surface area contributed by atoms with Crippen LogP contribution in [0.4, 0.5) is 0 Å². The van der Waals surface area contributed by atoms with E-state index in [1.165, 1.54) is 0 Å². The van der Waals surface area contributed by atoms with Crippen molar-refractivity contribution in [3.63, 3.8) is 0 Å². The molecule has 0 saturated carbocycles. The molecule has 1 N–H and O–H groups in total. The molecular weight excluding hydrogens is 344 g/mol. The molecule has 1 aliphatic rings. The van der Waals surface area contributed by atoms with Gasteiger partial charge in [-0.05, 0) is 60.6 Å². The third-order valence-corrected chi connectivity index (χ3v) is 4.94. The molecule has 0 radical (unpaired) electrons. The molecule has 0 bridgehead atoms. The summed E-state index contributed by atoms with van der Waals surface area (Å²) in [6.45, 7) is 0. The molecule has 0 amide bonds. The van der Waals surface area contributed by atoms with Crippen molar-refractivity contribution < 1.29 is 24.1 Å². The average Bonchev–Trinajstić information content (AvgIpc) is 2.67. The van der Waals surface area contributed by atoms with Crippen molar-refractivity contribution in [1.29, 1.82) is 0 Å². The van der Waals surface area contributed by atoms with Gasteiger partial charge in [-0.2, -0.15) is 0 Å². The average molecular weight is 370 g/mol. The normalized spacial score (nSPS) is 15.6. The number of hydrogen-bond donors (Lipinski definition) is 1. The SMILES string of the molecule is COc1ccc(/C2=C/CCCCc3c2cc(OC)c(OC)c3OC)cc1O. The molecule has 0 unspecified atom stereocenters. The zero-order chi connectivity index (χ0) is 19.4. The maximum atomic E-state index is 10.3. The highest BCUT2D eigenvalue weighted by molar-refractivity contribution is 5.85. The smallest absolute Gasteiger partial charge is 0.203 e. The number of phenols is 1. The molecule has 1 aliphatic carbocycles. The van der Waals surface area contributed by atoms with Crippen molar-refractivity contribution in [3.8, 4) is 28.7 Å². The summed E-state index contributed by atoms with van der Waals surface area (Å²) in [7, 11) is 6.43. The molecule has 0 spiro atoms. The predicted octanol–water partition coefficient (Wildman–Crippen LogP) is 4.58. The first-order valence-electron chi connectivity index (χ1n) is 9.04. The van der Waals surface area contributed by atoms with Crippen molar-refractivity contribution in [3.05, 3.63) is 47.0 Å². The standard InChI is InChI=1S/C22H26O5/c1-24-19-11-10-14(12-18(19)23)15-8-6-5-7-9-16-17(15)13-20(25-2)22(27-4)21(16)26-3/h8,10-13,23H,5-7,9H2,1-4H3/b15-8-. The fraction of sp³-hybridized carbons (Fsp3) is 0.364. The Balaban J connectivity index is 2.24. The number of ether oxygens (including phenoxy) is 4. The van der Waals surface area contributed by atoms with Crippen molar-refractivity contribution in [2.45, 2.75) is 25.7 Å². The van der Waals surface area contributed by atoms with Crippen LogP contribution in [-0.4, -0.2) is 33.5 Å². The van der Waals surface area contributed by atoms with Gasteiger partial charge in [0, 0.05) is 5.56 Å². The second-order valence-corrected chi connectivity index (χ2v) is 6.42. The molecule has 0 fully saturated rings. The largest absolute Gasteiger partial charge is 0.504 e. The molecule has 5 heteroatoms. The molecule has 0 aromatic heterocycles. The summed E-state index contributed by atoms with van der Waals surface area (Å²) < 4.78 is 22.0. The molecule has 144 valence electrons. The molecule has 2 aromatic rings. The van der Waals surface area contributed by atoms with E-state index < -0.39 is 0 Å². The van der Waals surface area contributed by atoms with Crippen LogP contribution in [0.5, 0.6) is 28.7 Å². The lowest BCUT2D eigenvalue weighted by atomic mass is 9.87. The first-order valence-corrected chi connectivity index (χ1v) is 9.04. The van der Waals surface area contributed by atoms with Gasteiger partial charge in [0.1, 0.15) is 0 Å². The molecule has 3 rings (SSSR count). The Morgan fingerprint density at radius 1 is 0.815 bits per heavy atom. The number of allylic oxidation sites excluding steroid dienone is 1. The summed E-state index contributed by atoms with van der Waals surface area (Å²) in [5.74, 6) is 2.51. The maximum Gasteiger partial charge on any atom is 0.203 e. The van der Waals surface area contributed by atoms with Crippen LogP contribution < -0.4 is 18.9 Å². The van der Waals surface area contributed by atoms with E-state index in [4.69, 9.17) is 18.9 Å². The van der Waals surface area contributed by atoms with Crippen LogP contribution in [0.3, 0.4) is 0 Å². The Morgan fingerprint density at radius 2 is 1.56 bits per heavy atom. The van der Waals surface area contributed by atoms with Crippen molar-refractivity contribution in [2.24, 2.45) is 0 Å². The minimum Gasteiger partial charge on any atom is -0.504 e. The zero-order valence-electron chi connectivity index (χ0n) is 16.3. The van der Waals surface area contributed by atoms with Crippen LogP contribution in [-0.2, 0) is 6.42 Å². The first kappa shape index (κ1) is 19.0. The third kappa shape index (κ3) is 3.54. The highest BCUT2D eigenvalue weighted by Crippen LogP contribution is 2.46. The first-order chi connectivity index (χ1) is 13.1. The van der Waals surface area contributed by atoms with Crippen LogP contribution >= 0.6 is 0 Å². The van der Waals surface area contributed by atoms with Gasteiger partial charge in [0.25, 0.3) is 0 Å². The summed E-state index contributed by atoms with van der Waals surface area (Å²) in [6, 6.07) is 7.47. The van der Waals surface area contributed by atoms with Crippen LogP contribution in [0.15, 0.2) is 30.3 Å². The lowest BCUT2D eigenvalue weighted by Gasteiger charge is -2.23. The molecule has 5 nitrogen and oxygen atoms in total. The number of benzene rings is 2. The number of aromatic hydroxyl groups is 1. The lowest BCUT2D eigenvalue weighted by molar-refractivity contribution is 0.321. The highest BCUT2D eigenvalue weighted by Gasteiger charge is 2.24. The fourth-order valence-corrected chi connectivity index (χ4v) is 3.64. The lowest BCUT2D eigenvalue weighted by Crippen LogP contribution is -2.05. The second-order valence-electron chi connectivity index (χ2n) is 6.42. The predicted molar refractivity (Wildman–Crippen MR) is 105 cm³/mol. The van der Waals surface area contributed by atoms with Crippen LogP contribution in [0.1, 0.15) is 36.0 Å². The van der Waals surface area contributed by atoms with Crippen LogP contribution in [0, 0.1) is 0 Å². The molecule has 0 heterocycles. The number of hydrogen-bond acceptors (Lipinski definition) is 5. The number of rotatable bonds is 5. The van der Waals surface area contributed by atoms with Gasteiger partial charge in [0.05, 0.1) is 28.4 Å². The van der Waals surface area contributed by atoms with Gasteiger partial charge < -0.3 is 24.1 Å². The fourth-order valence-electron chi connectivity index (χ4n) is 3.64. The van der Waals surface area contributed by atoms with E-state index in [9.17, 15) is 5.11 Å². The summed E-state index contributed by atoms with van der Waals surface area (Å²) in [6.07, 6.45) is 6.22. The van der Waals surface area contributed by atoms with Gasteiger partial charge in [-0.15, -0.1) is 0 Å². The van der Waals surface area contributed by atoms with E-state index in [1.807, 2.05) is 12.1 Å².